The molecule has 0 aliphatic heterocycles. The molecule has 0 aliphatic carbocycles. The molecule has 35 heavy (non-hydrogen) atoms. The van der Waals surface area contributed by atoms with Crippen LogP contribution in [0.25, 0.3) is 58.8 Å². The molecule has 0 saturated carbocycles. The van der Waals surface area contributed by atoms with Gasteiger partial charge < -0.3 is 4.57 Å². The fourth-order valence-corrected chi connectivity index (χ4v) is 6.45. The zero-order valence-corrected chi connectivity index (χ0v) is 19.9. The predicted molar refractivity (Wildman–Crippen MR) is 152 cm³/mol. The van der Waals surface area contributed by atoms with Crippen LogP contribution in [0, 0.1) is 0 Å². The average Bonchev–Trinajstić information content (AvgIpc) is 3.44. The molecular formula is C32H22N2S. The Hall–Kier alpha value is -4.21. The third-order valence-corrected chi connectivity index (χ3v) is 8.00. The van der Waals surface area contributed by atoms with E-state index in [0.717, 1.165) is 5.56 Å². The van der Waals surface area contributed by atoms with Gasteiger partial charge >= 0.3 is 0 Å². The summed E-state index contributed by atoms with van der Waals surface area (Å²) in [6, 6.07) is 39.6. The number of fused-ring (bicyclic) bond motifs is 6. The summed E-state index contributed by atoms with van der Waals surface area (Å²) in [6.07, 6.45) is 0. The molecule has 0 fully saturated rings. The topological polar surface area (TPSA) is 17.3 Å². The summed E-state index contributed by atoms with van der Waals surface area (Å²) in [5, 5.41) is 5.18. The van der Waals surface area contributed by atoms with E-state index in [4.69, 9.17) is 0 Å². The number of para-hydroxylation sites is 2. The minimum Gasteiger partial charge on any atom is -0.309 e. The number of aromatic nitrogens is 1. The minimum absolute atomic E-state index is 0.597. The number of thiophene rings is 1. The predicted octanol–water partition coefficient (Wildman–Crippen LogP) is 9.02. The van der Waals surface area contributed by atoms with Gasteiger partial charge in [-0.3, -0.25) is 4.99 Å². The van der Waals surface area contributed by atoms with E-state index >= 15 is 0 Å². The van der Waals surface area contributed by atoms with Crippen LogP contribution >= 0.6 is 11.3 Å². The van der Waals surface area contributed by atoms with Gasteiger partial charge in [0, 0.05) is 36.5 Å². The van der Waals surface area contributed by atoms with Gasteiger partial charge in [0.1, 0.15) is 0 Å². The first-order valence-electron chi connectivity index (χ1n) is 11.8. The summed E-state index contributed by atoms with van der Waals surface area (Å²) in [5.41, 5.74) is 7.18. The van der Waals surface area contributed by atoms with Crippen molar-refractivity contribution in [1.82, 2.24) is 4.57 Å². The normalized spacial score (nSPS) is 11.7. The molecule has 0 spiro atoms. The third-order valence-electron chi connectivity index (χ3n) is 6.87. The van der Waals surface area contributed by atoms with Crippen molar-refractivity contribution in [3.05, 3.63) is 115 Å². The van der Waals surface area contributed by atoms with Crippen molar-refractivity contribution in [3.8, 4) is 16.8 Å². The lowest BCUT2D eigenvalue weighted by Crippen LogP contribution is -1.99. The molecule has 3 heteroatoms. The highest BCUT2D eigenvalue weighted by Gasteiger charge is 2.16. The first-order valence-corrected chi connectivity index (χ1v) is 12.6. The molecular weight excluding hydrogens is 444 g/mol. The van der Waals surface area contributed by atoms with E-state index in [1.165, 1.54) is 58.8 Å². The van der Waals surface area contributed by atoms with Gasteiger partial charge in [0.2, 0.25) is 0 Å². The largest absolute Gasteiger partial charge is 0.309 e. The Balaban J connectivity index is 1.54. The molecule has 0 saturated heterocycles. The highest BCUT2D eigenvalue weighted by atomic mass is 32.1. The summed E-state index contributed by atoms with van der Waals surface area (Å²) in [4.78, 5) is 4.16. The molecule has 0 radical (unpaired) electrons. The fourth-order valence-electron chi connectivity index (χ4n) is 5.31. The quantitative estimate of drug-likeness (QED) is 0.230. The minimum atomic E-state index is 0.597. The zero-order chi connectivity index (χ0) is 23.4. The Kier molecular flexibility index (Phi) is 4.58. The molecule has 5 aromatic carbocycles. The number of benzene rings is 5. The number of aliphatic imine (C=N–C) groups is 1. The van der Waals surface area contributed by atoms with Crippen LogP contribution in [0.15, 0.2) is 114 Å². The number of hydrogen-bond donors (Lipinski definition) is 0. The molecule has 7 aromatic rings. The Morgan fingerprint density at radius 3 is 2.03 bits per heavy atom. The molecule has 0 atom stereocenters. The molecule has 0 unspecified atom stereocenters. The monoisotopic (exact) mass is 466 g/mol. The van der Waals surface area contributed by atoms with E-state index in [9.17, 15) is 0 Å². The second-order valence-electron chi connectivity index (χ2n) is 8.91. The van der Waals surface area contributed by atoms with Gasteiger partial charge in [0.15, 0.2) is 0 Å². The van der Waals surface area contributed by atoms with Crippen LogP contribution in [0.5, 0.6) is 0 Å². The maximum Gasteiger partial charge on any atom is 0.0633 e. The summed E-state index contributed by atoms with van der Waals surface area (Å²) < 4.78 is 5.05. The van der Waals surface area contributed by atoms with Crippen molar-refractivity contribution < 1.29 is 0 Å². The van der Waals surface area contributed by atoms with Gasteiger partial charge in [-0.1, -0.05) is 78.9 Å². The first-order chi connectivity index (χ1) is 17.3. The highest BCUT2D eigenvalue weighted by molar-refractivity contribution is 7.25. The molecule has 7 rings (SSSR count). The van der Waals surface area contributed by atoms with Gasteiger partial charge in [0.25, 0.3) is 0 Å². The second kappa shape index (κ2) is 7.93. The van der Waals surface area contributed by atoms with Crippen molar-refractivity contribution in [1.29, 1.82) is 0 Å². The SMILES string of the molecule is C=NCc1ccc(-c2ccc3c(c2)sc2ccccc23)c(-n2c3ccccc3c3ccccc32)c1. The average molecular weight is 467 g/mol. The summed E-state index contributed by atoms with van der Waals surface area (Å²) in [6.45, 7) is 4.33. The molecule has 2 heterocycles. The lowest BCUT2D eigenvalue weighted by molar-refractivity contribution is 1.07. The summed E-state index contributed by atoms with van der Waals surface area (Å²) in [7, 11) is 0. The Morgan fingerprint density at radius 1 is 0.629 bits per heavy atom. The molecule has 0 N–H and O–H groups in total. The Labute approximate surface area is 207 Å². The van der Waals surface area contributed by atoms with Crippen molar-refractivity contribution >= 4 is 60.0 Å². The molecule has 2 aromatic heterocycles. The highest BCUT2D eigenvalue weighted by Crippen LogP contribution is 2.40. The Morgan fingerprint density at radius 2 is 1.29 bits per heavy atom. The van der Waals surface area contributed by atoms with Crippen LogP contribution in [-0.2, 0) is 6.54 Å². The van der Waals surface area contributed by atoms with Crippen molar-refractivity contribution in [2.75, 3.05) is 0 Å². The van der Waals surface area contributed by atoms with Crippen LogP contribution in [0.1, 0.15) is 5.56 Å². The Bertz CT molecular complexity index is 1850. The van der Waals surface area contributed by atoms with Crippen molar-refractivity contribution in [2.45, 2.75) is 6.54 Å². The van der Waals surface area contributed by atoms with Crippen LogP contribution in [0.3, 0.4) is 0 Å². The summed E-state index contributed by atoms with van der Waals surface area (Å²) in [5.74, 6) is 0. The van der Waals surface area contributed by atoms with Crippen LogP contribution in [-0.4, -0.2) is 11.3 Å². The first kappa shape index (κ1) is 20.2. The van der Waals surface area contributed by atoms with Crippen molar-refractivity contribution in [2.24, 2.45) is 4.99 Å². The van der Waals surface area contributed by atoms with Gasteiger partial charge in [-0.2, -0.15) is 0 Å². The lowest BCUT2D eigenvalue weighted by atomic mass is 9.99. The van der Waals surface area contributed by atoms with E-state index in [-0.39, 0.29) is 0 Å². The van der Waals surface area contributed by atoms with E-state index in [2.05, 4.69) is 125 Å². The van der Waals surface area contributed by atoms with Crippen LogP contribution in [0.4, 0.5) is 0 Å². The van der Waals surface area contributed by atoms with E-state index < -0.39 is 0 Å². The smallest absolute Gasteiger partial charge is 0.0633 e. The van der Waals surface area contributed by atoms with Gasteiger partial charge in [-0.05, 0) is 48.2 Å². The maximum absolute atomic E-state index is 4.16. The van der Waals surface area contributed by atoms with E-state index in [1.807, 2.05) is 11.3 Å². The standard InChI is InChI=1S/C32H22N2S/c1-33-20-21-14-16-23(22-15-17-27-26-10-4-7-13-31(26)35-32(27)19-22)30(18-21)34-28-11-5-2-8-24(28)25-9-3-6-12-29(25)34/h2-19H,1,20H2. The van der Waals surface area contributed by atoms with Gasteiger partial charge in [-0.25, -0.2) is 0 Å². The number of hydrogen-bond acceptors (Lipinski definition) is 2. The summed E-state index contributed by atoms with van der Waals surface area (Å²) >= 11 is 1.86. The molecule has 0 aliphatic rings. The number of rotatable bonds is 4. The molecule has 2 nitrogen and oxygen atoms in total. The van der Waals surface area contributed by atoms with Crippen LogP contribution < -0.4 is 0 Å². The number of nitrogens with zero attached hydrogens (tertiary/aromatic N) is 2. The molecule has 0 bridgehead atoms. The van der Waals surface area contributed by atoms with Crippen molar-refractivity contribution in [3.63, 3.8) is 0 Å². The maximum atomic E-state index is 4.16. The van der Waals surface area contributed by atoms with E-state index in [1.54, 1.807) is 0 Å². The molecule has 166 valence electrons. The second-order valence-corrected chi connectivity index (χ2v) is 10.00. The third kappa shape index (κ3) is 3.13. The lowest BCUT2D eigenvalue weighted by Gasteiger charge is -2.16. The van der Waals surface area contributed by atoms with E-state index in [0.29, 0.717) is 6.54 Å². The fraction of sp³-hybridized carbons (Fsp3) is 0.0312. The van der Waals surface area contributed by atoms with Gasteiger partial charge in [-0.15, -0.1) is 11.3 Å². The van der Waals surface area contributed by atoms with Crippen LogP contribution in [0.2, 0.25) is 0 Å². The van der Waals surface area contributed by atoms with Gasteiger partial charge in [0.05, 0.1) is 23.3 Å². The zero-order valence-electron chi connectivity index (χ0n) is 19.1. The molecule has 0 amide bonds.